The Morgan fingerprint density at radius 1 is 0.691 bits per heavy atom. The van der Waals surface area contributed by atoms with Crippen LogP contribution in [-0.4, -0.2) is 139 Å². The molecule has 0 aromatic heterocycles. The number of allylic oxidation sites excluding steroid dienone is 4. The van der Waals surface area contributed by atoms with E-state index < -0.39 is 91.1 Å². The molecule has 13 nitrogen and oxygen atoms in total. The molecule has 0 radical (unpaired) electrons. The van der Waals surface area contributed by atoms with Gasteiger partial charge in [0.15, 0.2) is 12.6 Å². The molecule has 0 amide bonds. The second-order valence-corrected chi connectivity index (χ2v) is 20.2. The molecule has 0 spiro atoms. The number of hydrogen-bond donors (Lipinski definition) is 9. The third-order valence-electron chi connectivity index (χ3n) is 16.9. The second-order valence-electron chi connectivity index (χ2n) is 20.2. The van der Waals surface area contributed by atoms with Gasteiger partial charge in [-0.05, 0) is 86.4 Å². The van der Waals surface area contributed by atoms with Crippen molar-refractivity contribution < 1.29 is 64.9 Å². The third-order valence-corrected chi connectivity index (χ3v) is 16.9. The number of aliphatic hydroxyl groups is 9. The molecule has 19 atom stereocenters. The van der Waals surface area contributed by atoms with Crippen molar-refractivity contribution in [2.24, 2.45) is 44.3 Å². The van der Waals surface area contributed by atoms with Crippen molar-refractivity contribution in [3.05, 3.63) is 23.3 Å². The number of hydrogen-bond acceptors (Lipinski definition) is 13. The molecule has 7 rings (SSSR count). The van der Waals surface area contributed by atoms with E-state index in [2.05, 4.69) is 46.8 Å². The van der Waals surface area contributed by atoms with Crippen LogP contribution in [0.5, 0.6) is 0 Å². The van der Waals surface area contributed by atoms with Crippen LogP contribution in [0.15, 0.2) is 23.3 Å². The van der Waals surface area contributed by atoms with Crippen LogP contribution in [0.4, 0.5) is 0 Å². The van der Waals surface area contributed by atoms with Crippen LogP contribution in [0.3, 0.4) is 0 Å². The molecule has 0 bridgehead atoms. The average Bonchev–Trinajstić information content (AvgIpc) is 3.13. The fraction of sp³-hybridized carbons (Fsp3) is 0.905. The summed E-state index contributed by atoms with van der Waals surface area (Å²) < 4.78 is 24.4. The van der Waals surface area contributed by atoms with Crippen LogP contribution < -0.4 is 0 Å². The topological polar surface area (TPSA) is 219 Å². The summed E-state index contributed by atoms with van der Waals surface area (Å²) in [6.07, 6.45) is -4.80. The third kappa shape index (κ3) is 6.12. The van der Waals surface area contributed by atoms with Crippen molar-refractivity contribution in [3.8, 4) is 0 Å². The Morgan fingerprint density at radius 3 is 2.05 bits per heavy atom. The summed E-state index contributed by atoms with van der Waals surface area (Å²) in [4.78, 5) is 0. The first kappa shape index (κ1) is 42.1. The minimum absolute atomic E-state index is 0.0263. The first-order chi connectivity index (χ1) is 25.7. The second kappa shape index (κ2) is 14.3. The number of aliphatic hydroxyl groups excluding tert-OH is 9. The van der Waals surface area contributed by atoms with E-state index in [1.807, 2.05) is 6.92 Å². The van der Waals surface area contributed by atoms with Crippen LogP contribution >= 0.6 is 0 Å². The van der Waals surface area contributed by atoms with Gasteiger partial charge in [0.2, 0.25) is 0 Å². The summed E-state index contributed by atoms with van der Waals surface area (Å²) >= 11 is 0. The highest BCUT2D eigenvalue weighted by Crippen LogP contribution is 2.74. The van der Waals surface area contributed by atoms with E-state index in [0.29, 0.717) is 12.8 Å². The highest BCUT2D eigenvalue weighted by Gasteiger charge is 2.69. The van der Waals surface area contributed by atoms with Crippen molar-refractivity contribution in [1.29, 1.82) is 0 Å². The zero-order valence-corrected chi connectivity index (χ0v) is 33.7. The molecule has 314 valence electrons. The highest BCUT2D eigenvalue weighted by molar-refractivity contribution is 5.46. The van der Waals surface area contributed by atoms with Gasteiger partial charge in [-0.15, -0.1) is 0 Å². The van der Waals surface area contributed by atoms with Gasteiger partial charge in [-0.1, -0.05) is 64.8 Å². The first-order valence-corrected chi connectivity index (χ1v) is 20.6. The molecule has 0 aromatic carbocycles. The van der Waals surface area contributed by atoms with Gasteiger partial charge in [-0.2, -0.15) is 0 Å². The monoisotopic (exact) mass is 780 g/mol. The SMILES string of the molecule is C[C@H]1O[C@@H](O[C@H]2CC[C@]3(C)C4=CC=C5[C@H]6CC(C)(C)CC[C@]6(CO)[C@@H](O)C[C@@]5(C)[C@]4(C)CC[C@H]3[C@]2(C)CO)[C@H](O[C@@H]2O[C@H](CO)[C@@H](O)[C@H](O)[C@H]2O)[C@@H](O)[C@H]1O. The van der Waals surface area contributed by atoms with Crippen LogP contribution in [0.1, 0.15) is 99.8 Å². The highest BCUT2D eigenvalue weighted by atomic mass is 16.8. The maximum Gasteiger partial charge on any atom is 0.187 e. The summed E-state index contributed by atoms with van der Waals surface area (Å²) in [7, 11) is 0. The lowest BCUT2D eigenvalue weighted by atomic mass is 9.35. The molecule has 13 heteroatoms. The van der Waals surface area contributed by atoms with Crippen molar-refractivity contribution >= 4 is 0 Å². The molecule has 2 heterocycles. The van der Waals surface area contributed by atoms with E-state index in [1.165, 1.54) is 11.1 Å². The van der Waals surface area contributed by atoms with Crippen LogP contribution in [0.25, 0.3) is 0 Å². The fourth-order valence-electron chi connectivity index (χ4n) is 13.0. The molecule has 2 saturated heterocycles. The van der Waals surface area contributed by atoms with Gasteiger partial charge in [0.1, 0.15) is 42.7 Å². The number of rotatable bonds is 7. The van der Waals surface area contributed by atoms with E-state index in [9.17, 15) is 46.0 Å². The Morgan fingerprint density at radius 2 is 1.40 bits per heavy atom. The standard InChI is InChI=1S/C42H68O13/c1-21-29(47)32(50)34(55-35-33(51)31(49)30(48)24(18-43)53-35)36(52-21)54-28-11-12-38(4)25(39(28,5)19-44)10-13-40(6)26(38)9-8-22-23-16-37(2,3)14-15-42(23,20-45)27(46)17-41(22,40)7/h8-9,21,23-25,27-36,43-51H,10-20H2,1-7H3/t21-,23-,24-,25-,27+,28+,29+,30-,31+,32+,33-,34-,35+,36+,38+,39+,40-,41-,42-/m1/s1. The van der Waals surface area contributed by atoms with Gasteiger partial charge in [0, 0.05) is 16.2 Å². The van der Waals surface area contributed by atoms with Gasteiger partial charge < -0.3 is 64.9 Å². The molecule has 9 N–H and O–H groups in total. The zero-order valence-electron chi connectivity index (χ0n) is 33.7. The maximum absolute atomic E-state index is 12.0. The quantitative estimate of drug-likeness (QED) is 0.168. The predicted molar refractivity (Wildman–Crippen MR) is 199 cm³/mol. The summed E-state index contributed by atoms with van der Waals surface area (Å²) in [5.41, 5.74) is 0.513. The number of ether oxygens (including phenoxy) is 4. The molecule has 2 aliphatic heterocycles. The van der Waals surface area contributed by atoms with E-state index >= 15 is 0 Å². The summed E-state index contributed by atoms with van der Waals surface area (Å²) in [6.45, 7) is 14.3. The Balaban J connectivity index is 1.19. The lowest BCUT2D eigenvalue weighted by Gasteiger charge is -2.69. The van der Waals surface area contributed by atoms with E-state index in [0.717, 1.165) is 38.5 Å². The summed E-state index contributed by atoms with van der Waals surface area (Å²) in [5, 5.41) is 97.5. The normalized spacial score (nSPS) is 54.9. The van der Waals surface area contributed by atoms with Gasteiger partial charge in [0.25, 0.3) is 0 Å². The lowest BCUT2D eigenvalue weighted by Crippen LogP contribution is -2.66. The Labute approximate surface area is 325 Å². The minimum Gasteiger partial charge on any atom is -0.396 e. The summed E-state index contributed by atoms with van der Waals surface area (Å²) in [5.74, 6) is 0.0496. The van der Waals surface area contributed by atoms with Gasteiger partial charge in [0.05, 0.1) is 38.1 Å². The molecule has 6 fully saturated rings. The molecule has 5 aliphatic carbocycles. The molecular formula is C42H68O13. The van der Waals surface area contributed by atoms with Crippen LogP contribution in [0, 0.1) is 44.3 Å². The van der Waals surface area contributed by atoms with Gasteiger partial charge >= 0.3 is 0 Å². The summed E-state index contributed by atoms with van der Waals surface area (Å²) in [6, 6.07) is 0. The molecule has 7 aliphatic rings. The van der Waals surface area contributed by atoms with E-state index in [-0.39, 0.29) is 46.7 Å². The predicted octanol–water partition coefficient (Wildman–Crippen LogP) is 1.68. The van der Waals surface area contributed by atoms with E-state index in [1.54, 1.807) is 6.92 Å². The molecule has 55 heavy (non-hydrogen) atoms. The minimum atomic E-state index is -1.74. The fourth-order valence-corrected chi connectivity index (χ4v) is 13.0. The van der Waals surface area contributed by atoms with Crippen molar-refractivity contribution in [2.45, 2.75) is 173 Å². The smallest absolute Gasteiger partial charge is 0.187 e. The van der Waals surface area contributed by atoms with Gasteiger partial charge in [-0.25, -0.2) is 0 Å². The zero-order chi connectivity index (χ0) is 40.3. The Hall–Kier alpha value is -1.04. The van der Waals surface area contributed by atoms with Crippen LogP contribution in [0.2, 0.25) is 0 Å². The molecular weight excluding hydrogens is 712 g/mol. The van der Waals surface area contributed by atoms with Gasteiger partial charge in [-0.3, -0.25) is 0 Å². The van der Waals surface area contributed by atoms with Crippen LogP contribution in [-0.2, 0) is 18.9 Å². The Kier molecular flexibility index (Phi) is 11.0. The molecule has 0 unspecified atom stereocenters. The first-order valence-electron chi connectivity index (χ1n) is 20.6. The molecule has 4 saturated carbocycles. The lowest BCUT2D eigenvalue weighted by molar-refractivity contribution is -0.375. The Bertz CT molecular complexity index is 1500. The molecule has 0 aromatic rings. The average molecular weight is 781 g/mol. The van der Waals surface area contributed by atoms with E-state index in [4.69, 9.17) is 18.9 Å². The van der Waals surface area contributed by atoms with Crippen molar-refractivity contribution in [3.63, 3.8) is 0 Å². The maximum atomic E-state index is 12.0. The largest absolute Gasteiger partial charge is 0.396 e. The van der Waals surface area contributed by atoms with Crippen molar-refractivity contribution in [1.82, 2.24) is 0 Å². The van der Waals surface area contributed by atoms with Crippen molar-refractivity contribution in [2.75, 3.05) is 19.8 Å². The number of fused-ring (bicyclic) bond motifs is 7.